The van der Waals surface area contributed by atoms with Crippen LogP contribution in [0.25, 0.3) is 11.1 Å². The van der Waals surface area contributed by atoms with Crippen molar-refractivity contribution >= 4 is 24.2 Å². The van der Waals surface area contributed by atoms with Gasteiger partial charge in [0.05, 0.1) is 19.7 Å². The van der Waals surface area contributed by atoms with Crippen LogP contribution in [-0.2, 0) is 16.1 Å². The smallest absolute Gasteiger partial charge is 0.239 e. The number of hydrogen-bond donors (Lipinski definition) is 3. The highest BCUT2D eigenvalue weighted by atomic mass is 35.5. The molecule has 2 amide bonds. The third-order valence-electron chi connectivity index (χ3n) is 4.29. The molecule has 0 aliphatic carbocycles. The topological polar surface area (TPSA) is 93.5 Å². The van der Waals surface area contributed by atoms with Crippen molar-refractivity contribution in [3.05, 3.63) is 54.1 Å². The van der Waals surface area contributed by atoms with E-state index in [4.69, 9.17) is 10.5 Å². The zero-order valence-corrected chi connectivity index (χ0v) is 17.2. The summed E-state index contributed by atoms with van der Waals surface area (Å²) >= 11 is 0. The first-order chi connectivity index (χ1) is 12.9. The third kappa shape index (κ3) is 6.87. The summed E-state index contributed by atoms with van der Waals surface area (Å²) in [6.45, 7) is 4.03. The molecular formula is C21H28ClN3O3. The van der Waals surface area contributed by atoms with Crippen LogP contribution in [0.15, 0.2) is 48.5 Å². The predicted octanol–water partition coefficient (Wildman–Crippen LogP) is 2.50. The lowest BCUT2D eigenvalue weighted by atomic mass is 10.0. The van der Waals surface area contributed by atoms with E-state index in [1.165, 1.54) is 0 Å². The summed E-state index contributed by atoms with van der Waals surface area (Å²) < 4.78 is 5.25. The molecule has 2 aromatic rings. The number of benzene rings is 2. The van der Waals surface area contributed by atoms with E-state index in [-0.39, 0.29) is 36.7 Å². The number of hydrogen-bond acceptors (Lipinski definition) is 4. The van der Waals surface area contributed by atoms with Crippen molar-refractivity contribution in [2.24, 2.45) is 11.7 Å². The minimum Gasteiger partial charge on any atom is -0.497 e. The van der Waals surface area contributed by atoms with Crippen molar-refractivity contribution in [2.45, 2.75) is 26.4 Å². The predicted molar refractivity (Wildman–Crippen MR) is 113 cm³/mol. The van der Waals surface area contributed by atoms with E-state index in [0.29, 0.717) is 6.54 Å². The highest BCUT2D eigenvalue weighted by molar-refractivity contribution is 5.87. The molecule has 4 N–H and O–H groups in total. The molecule has 0 aromatic heterocycles. The summed E-state index contributed by atoms with van der Waals surface area (Å²) in [5.41, 5.74) is 8.84. The number of amides is 2. The summed E-state index contributed by atoms with van der Waals surface area (Å²) in [5.74, 6) is 0.262. The van der Waals surface area contributed by atoms with Gasteiger partial charge in [-0.3, -0.25) is 9.59 Å². The number of methoxy groups -OCH3 is 1. The summed E-state index contributed by atoms with van der Waals surface area (Å²) in [4.78, 5) is 23.6. The molecule has 0 radical (unpaired) electrons. The summed E-state index contributed by atoms with van der Waals surface area (Å²) in [6, 6.07) is 15.2. The Balaban J connectivity index is 0.00000392. The minimum absolute atomic E-state index is 0. The van der Waals surface area contributed by atoms with Crippen molar-refractivity contribution in [1.29, 1.82) is 0 Å². The zero-order chi connectivity index (χ0) is 19.8. The summed E-state index contributed by atoms with van der Waals surface area (Å²) in [6.07, 6.45) is 0. The standard InChI is InChI=1S/C21H27N3O3.ClH/c1-14(2)20(22)21(26)24-13-19(25)23-12-15-7-9-16(10-8-15)17-5-4-6-18(11-17)27-3;/h4-11,14,20H,12-13,22H2,1-3H3,(H,23,25)(H,24,26);1H/t20-;/m0./s1. The number of nitrogens with one attached hydrogen (secondary N) is 2. The highest BCUT2D eigenvalue weighted by Gasteiger charge is 2.17. The van der Waals surface area contributed by atoms with Crippen LogP contribution in [0.2, 0.25) is 0 Å². The van der Waals surface area contributed by atoms with Crippen molar-refractivity contribution in [3.8, 4) is 16.9 Å². The number of carbonyl (C=O) groups is 2. The van der Waals surface area contributed by atoms with Gasteiger partial charge in [0.1, 0.15) is 5.75 Å². The molecule has 0 spiro atoms. The molecule has 152 valence electrons. The Kier molecular flexibility index (Phi) is 9.48. The number of nitrogens with two attached hydrogens (primary N) is 1. The molecule has 1 atom stereocenters. The Hall–Kier alpha value is -2.57. The van der Waals surface area contributed by atoms with Gasteiger partial charge in [0.25, 0.3) is 0 Å². The Morgan fingerprint density at radius 2 is 1.71 bits per heavy atom. The molecule has 7 heteroatoms. The fourth-order valence-corrected chi connectivity index (χ4v) is 2.47. The number of carbonyl (C=O) groups excluding carboxylic acids is 2. The zero-order valence-electron chi connectivity index (χ0n) is 16.4. The van der Waals surface area contributed by atoms with Gasteiger partial charge in [-0.1, -0.05) is 50.2 Å². The van der Waals surface area contributed by atoms with Gasteiger partial charge in [0.2, 0.25) is 11.8 Å². The minimum atomic E-state index is -0.609. The average molecular weight is 406 g/mol. The quantitative estimate of drug-likeness (QED) is 0.629. The van der Waals surface area contributed by atoms with E-state index in [2.05, 4.69) is 10.6 Å². The van der Waals surface area contributed by atoms with Gasteiger partial charge in [-0.05, 0) is 34.7 Å². The van der Waals surface area contributed by atoms with E-state index >= 15 is 0 Å². The normalized spacial score (nSPS) is 11.3. The molecule has 0 bridgehead atoms. The molecule has 0 fully saturated rings. The lowest BCUT2D eigenvalue weighted by Crippen LogP contribution is -2.47. The first-order valence-corrected chi connectivity index (χ1v) is 8.94. The van der Waals surface area contributed by atoms with Gasteiger partial charge in [-0.2, -0.15) is 0 Å². The van der Waals surface area contributed by atoms with E-state index in [1.54, 1.807) is 7.11 Å². The Morgan fingerprint density at radius 3 is 2.32 bits per heavy atom. The molecule has 0 heterocycles. The second kappa shape index (κ2) is 11.3. The van der Waals surface area contributed by atoms with E-state index in [9.17, 15) is 9.59 Å². The van der Waals surface area contributed by atoms with Crippen LogP contribution >= 0.6 is 12.4 Å². The van der Waals surface area contributed by atoms with Crippen molar-refractivity contribution in [3.63, 3.8) is 0 Å². The molecule has 0 unspecified atom stereocenters. The van der Waals surface area contributed by atoms with E-state index < -0.39 is 6.04 Å². The maximum atomic E-state index is 11.9. The van der Waals surface area contributed by atoms with Crippen LogP contribution in [0.3, 0.4) is 0 Å². The van der Waals surface area contributed by atoms with Gasteiger partial charge in [-0.25, -0.2) is 0 Å². The van der Waals surface area contributed by atoms with Crippen LogP contribution in [0, 0.1) is 5.92 Å². The molecule has 6 nitrogen and oxygen atoms in total. The number of halogens is 1. The van der Waals surface area contributed by atoms with Gasteiger partial charge < -0.3 is 21.1 Å². The molecule has 28 heavy (non-hydrogen) atoms. The fraction of sp³-hybridized carbons (Fsp3) is 0.333. The Labute approximate surface area is 172 Å². The average Bonchev–Trinajstić information content (AvgIpc) is 2.70. The maximum absolute atomic E-state index is 11.9. The fourth-order valence-electron chi connectivity index (χ4n) is 2.47. The van der Waals surface area contributed by atoms with Crippen molar-refractivity contribution < 1.29 is 14.3 Å². The summed E-state index contributed by atoms with van der Waals surface area (Å²) in [5, 5.41) is 5.34. The first kappa shape index (κ1) is 23.5. The van der Waals surface area contributed by atoms with E-state index in [0.717, 1.165) is 22.4 Å². The van der Waals surface area contributed by atoms with Crippen LogP contribution < -0.4 is 21.1 Å². The van der Waals surface area contributed by atoms with Crippen molar-refractivity contribution in [1.82, 2.24) is 10.6 Å². The number of ether oxygens (including phenoxy) is 1. The van der Waals surface area contributed by atoms with Crippen LogP contribution in [0.4, 0.5) is 0 Å². The first-order valence-electron chi connectivity index (χ1n) is 8.94. The molecular weight excluding hydrogens is 378 g/mol. The maximum Gasteiger partial charge on any atom is 0.239 e. The molecule has 0 saturated carbocycles. The Morgan fingerprint density at radius 1 is 1.04 bits per heavy atom. The van der Waals surface area contributed by atoms with Crippen LogP contribution in [0.1, 0.15) is 19.4 Å². The lowest BCUT2D eigenvalue weighted by Gasteiger charge is -2.15. The summed E-state index contributed by atoms with van der Waals surface area (Å²) in [7, 11) is 1.64. The highest BCUT2D eigenvalue weighted by Crippen LogP contribution is 2.24. The SMILES string of the molecule is COc1cccc(-c2ccc(CNC(=O)CNC(=O)[C@@H](N)C(C)C)cc2)c1.Cl. The van der Waals surface area contributed by atoms with Gasteiger partial charge >= 0.3 is 0 Å². The molecule has 0 aliphatic rings. The van der Waals surface area contributed by atoms with Gasteiger partial charge in [-0.15, -0.1) is 12.4 Å². The van der Waals surface area contributed by atoms with Crippen molar-refractivity contribution in [2.75, 3.05) is 13.7 Å². The second-order valence-corrected chi connectivity index (χ2v) is 6.69. The number of rotatable bonds is 8. The third-order valence-corrected chi connectivity index (χ3v) is 4.29. The second-order valence-electron chi connectivity index (χ2n) is 6.69. The van der Waals surface area contributed by atoms with Gasteiger partial charge in [0.15, 0.2) is 0 Å². The van der Waals surface area contributed by atoms with Crippen LogP contribution in [0.5, 0.6) is 5.75 Å². The molecule has 2 rings (SSSR count). The Bertz CT molecular complexity index is 779. The molecule has 2 aromatic carbocycles. The monoisotopic (exact) mass is 405 g/mol. The molecule has 0 aliphatic heterocycles. The largest absolute Gasteiger partial charge is 0.497 e. The molecule has 0 saturated heterocycles. The van der Waals surface area contributed by atoms with E-state index in [1.807, 2.05) is 62.4 Å². The van der Waals surface area contributed by atoms with Gasteiger partial charge in [0, 0.05) is 6.54 Å². The van der Waals surface area contributed by atoms with Crippen LogP contribution in [-0.4, -0.2) is 31.5 Å². The lowest BCUT2D eigenvalue weighted by molar-refractivity contribution is -0.127.